The molecule has 1 amide bonds. The second kappa shape index (κ2) is 10.8. The van der Waals surface area contributed by atoms with Gasteiger partial charge >= 0.3 is 11.9 Å². The quantitative estimate of drug-likeness (QED) is 0.453. The van der Waals surface area contributed by atoms with Crippen LogP contribution in [0, 0.1) is 5.92 Å². The molecule has 6 nitrogen and oxygen atoms in total. The molecule has 0 aliphatic heterocycles. The fourth-order valence-corrected chi connectivity index (χ4v) is 5.47. The van der Waals surface area contributed by atoms with E-state index in [-0.39, 0.29) is 11.9 Å². The van der Waals surface area contributed by atoms with Gasteiger partial charge in [-0.25, -0.2) is 4.79 Å². The second-order valence-electron chi connectivity index (χ2n) is 7.82. The Kier molecular flexibility index (Phi) is 8.15. The zero-order chi connectivity index (χ0) is 22.4. The normalized spacial score (nSPS) is 15.3. The summed E-state index contributed by atoms with van der Waals surface area (Å²) in [5.74, 6) is -0.708. The monoisotopic (exact) mass is 461 g/mol. The predicted octanol–water partition coefficient (Wildman–Crippen LogP) is 4.71. The first-order valence-corrected chi connectivity index (χ1v) is 12.1. The Balaban J connectivity index is 1.61. The lowest BCUT2D eigenvalue weighted by molar-refractivity contribution is -0.144. The summed E-state index contributed by atoms with van der Waals surface area (Å²) < 4.78 is 10.5. The van der Waals surface area contributed by atoms with Crippen LogP contribution >= 0.6 is 23.1 Å². The van der Waals surface area contributed by atoms with Gasteiger partial charge in [-0.3, -0.25) is 9.59 Å². The molecule has 0 bridgehead atoms. The molecule has 0 fully saturated rings. The van der Waals surface area contributed by atoms with Gasteiger partial charge in [0.25, 0.3) is 5.91 Å². The molecule has 31 heavy (non-hydrogen) atoms. The van der Waals surface area contributed by atoms with Crippen LogP contribution in [-0.2, 0) is 31.9 Å². The molecule has 2 aromatic rings. The van der Waals surface area contributed by atoms with Crippen molar-refractivity contribution in [3.63, 3.8) is 0 Å². The minimum Gasteiger partial charge on any atom is -0.459 e. The molecule has 1 aromatic carbocycles. The van der Waals surface area contributed by atoms with Crippen molar-refractivity contribution in [1.82, 2.24) is 0 Å². The van der Waals surface area contributed by atoms with Crippen molar-refractivity contribution in [2.24, 2.45) is 5.92 Å². The molecule has 1 N–H and O–H groups in total. The number of anilines is 1. The maximum Gasteiger partial charge on any atom is 0.341 e. The van der Waals surface area contributed by atoms with E-state index in [9.17, 15) is 14.4 Å². The molecule has 8 heteroatoms. The highest BCUT2D eigenvalue weighted by atomic mass is 32.2. The lowest BCUT2D eigenvalue weighted by Crippen LogP contribution is -2.23. The molecule has 1 heterocycles. The molecule has 0 saturated carbocycles. The molecule has 1 aliphatic carbocycles. The number of carbonyl (C=O) groups is 3. The molecule has 0 saturated heterocycles. The minimum atomic E-state index is -0.470. The van der Waals surface area contributed by atoms with Crippen molar-refractivity contribution in [2.75, 3.05) is 17.7 Å². The van der Waals surface area contributed by atoms with Crippen molar-refractivity contribution in [1.29, 1.82) is 0 Å². The van der Waals surface area contributed by atoms with E-state index < -0.39 is 24.5 Å². The fourth-order valence-electron chi connectivity index (χ4n) is 3.34. The first-order valence-electron chi connectivity index (χ1n) is 10.3. The average molecular weight is 462 g/mol. The molecule has 166 valence electrons. The summed E-state index contributed by atoms with van der Waals surface area (Å²) in [5, 5.41) is 3.24. The van der Waals surface area contributed by atoms with Crippen LogP contribution in [0.2, 0.25) is 0 Å². The van der Waals surface area contributed by atoms with Crippen LogP contribution < -0.4 is 5.32 Å². The number of rotatable bonds is 8. The van der Waals surface area contributed by atoms with Crippen molar-refractivity contribution in [3.05, 3.63) is 46.3 Å². The Bertz CT molecular complexity index is 939. The lowest BCUT2D eigenvalue weighted by Gasteiger charge is -2.18. The number of thiophene rings is 1. The smallest absolute Gasteiger partial charge is 0.341 e. The zero-order valence-corrected chi connectivity index (χ0v) is 19.6. The number of carbonyl (C=O) groups excluding carboxylic acids is 3. The number of amides is 1. The molecule has 0 radical (unpaired) electrons. The summed E-state index contributed by atoms with van der Waals surface area (Å²) in [6, 6.07) is 9.50. The van der Waals surface area contributed by atoms with E-state index in [0.717, 1.165) is 34.6 Å². The number of thioether (sulfide) groups is 1. The van der Waals surface area contributed by atoms with Gasteiger partial charge < -0.3 is 14.8 Å². The third-order valence-corrected chi connectivity index (χ3v) is 6.93. The summed E-state index contributed by atoms with van der Waals surface area (Å²) in [7, 11) is 0. The summed E-state index contributed by atoms with van der Waals surface area (Å²) in [6.45, 7) is 5.37. The Morgan fingerprint density at radius 1 is 1.23 bits per heavy atom. The summed E-state index contributed by atoms with van der Waals surface area (Å²) >= 11 is 2.76. The topological polar surface area (TPSA) is 81.7 Å². The first kappa shape index (κ1) is 23.3. The fraction of sp³-hybridized carbons (Fsp3) is 0.435. The third kappa shape index (κ3) is 6.58. The largest absolute Gasteiger partial charge is 0.459 e. The van der Waals surface area contributed by atoms with Gasteiger partial charge in [-0.2, -0.15) is 0 Å². The van der Waals surface area contributed by atoms with Gasteiger partial charge in [0.1, 0.15) is 5.00 Å². The minimum absolute atomic E-state index is 0.119. The molecular weight excluding hydrogens is 434 g/mol. The maximum absolute atomic E-state index is 12.7. The molecular formula is C23H27NO5S2. The summed E-state index contributed by atoms with van der Waals surface area (Å²) in [5.41, 5.74) is 1.42. The Morgan fingerprint density at radius 2 is 1.97 bits per heavy atom. The van der Waals surface area contributed by atoms with Crippen LogP contribution in [0.25, 0.3) is 0 Å². The van der Waals surface area contributed by atoms with Crippen molar-refractivity contribution >= 4 is 45.9 Å². The van der Waals surface area contributed by atoms with Gasteiger partial charge in [-0.15, -0.1) is 23.1 Å². The number of ether oxygens (including phenoxy) is 2. The number of nitrogens with one attached hydrogen (secondary N) is 1. The van der Waals surface area contributed by atoms with Gasteiger partial charge in [0.2, 0.25) is 0 Å². The van der Waals surface area contributed by atoms with Gasteiger partial charge in [-0.1, -0.05) is 25.1 Å². The van der Waals surface area contributed by atoms with E-state index in [0.29, 0.717) is 16.5 Å². The van der Waals surface area contributed by atoms with Gasteiger partial charge in [0.05, 0.1) is 17.4 Å². The Labute approximate surface area is 190 Å². The van der Waals surface area contributed by atoms with Gasteiger partial charge in [-0.05, 0) is 56.7 Å². The van der Waals surface area contributed by atoms with E-state index in [2.05, 4.69) is 12.2 Å². The van der Waals surface area contributed by atoms with Crippen LogP contribution in [0.3, 0.4) is 0 Å². The van der Waals surface area contributed by atoms with E-state index in [1.807, 2.05) is 30.3 Å². The van der Waals surface area contributed by atoms with Crippen LogP contribution in [0.4, 0.5) is 5.00 Å². The SMILES string of the molecule is CC1CCc2c(sc(NC(=O)COC(=O)CSc3ccccc3)c2C(=O)OC(C)C)C1. The maximum atomic E-state index is 12.7. The van der Waals surface area contributed by atoms with Crippen molar-refractivity contribution < 1.29 is 23.9 Å². The van der Waals surface area contributed by atoms with E-state index in [1.165, 1.54) is 23.1 Å². The number of benzene rings is 1. The standard InChI is InChI=1S/C23H27NO5S2/c1-14(2)29-23(27)21-17-10-9-15(3)11-18(17)31-22(21)24-19(25)12-28-20(26)13-30-16-7-5-4-6-8-16/h4-8,14-15H,9-13H2,1-3H3,(H,24,25). The average Bonchev–Trinajstić information content (AvgIpc) is 3.07. The predicted molar refractivity (Wildman–Crippen MR) is 123 cm³/mol. The van der Waals surface area contributed by atoms with Crippen LogP contribution in [0.5, 0.6) is 0 Å². The third-order valence-electron chi connectivity index (χ3n) is 4.78. The Morgan fingerprint density at radius 3 is 2.68 bits per heavy atom. The Hall–Kier alpha value is -2.32. The highest BCUT2D eigenvalue weighted by Crippen LogP contribution is 2.40. The van der Waals surface area contributed by atoms with Crippen LogP contribution in [0.1, 0.15) is 48.0 Å². The number of hydrogen-bond acceptors (Lipinski definition) is 7. The molecule has 0 spiro atoms. The number of fused-ring (bicyclic) bond motifs is 1. The van der Waals surface area contributed by atoms with Gasteiger partial charge in [0, 0.05) is 9.77 Å². The number of hydrogen-bond donors (Lipinski definition) is 1. The number of esters is 2. The molecule has 3 rings (SSSR count). The first-order chi connectivity index (χ1) is 14.8. The molecule has 1 unspecified atom stereocenters. The highest BCUT2D eigenvalue weighted by molar-refractivity contribution is 8.00. The summed E-state index contributed by atoms with van der Waals surface area (Å²) in [4.78, 5) is 39.2. The second-order valence-corrected chi connectivity index (χ2v) is 9.97. The van der Waals surface area contributed by atoms with Crippen molar-refractivity contribution in [3.8, 4) is 0 Å². The van der Waals surface area contributed by atoms with Gasteiger partial charge in [0.15, 0.2) is 6.61 Å². The molecule has 1 atom stereocenters. The highest BCUT2D eigenvalue weighted by Gasteiger charge is 2.29. The van der Waals surface area contributed by atoms with E-state index >= 15 is 0 Å². The van der Waals surface area contributed by atoms with E-state index in [4.69, 9.17) is 9.47 Å². The lowest BCUT2D eigenvalue weighted by atomic mass is 9.88. The van der Waals surface area contributed by atoms with E-state index in [1.54, 1.807) is 13.8 Å². The molecule has 1 aliphatic rings. The van der Waals surface area contributed by atoms with Crippen LogP contribution in [-0.4, -0.2) is 36.3 Å². The molecule has 1 aromatic heterocycles. The van der Waals surface area contributed by atoms with Crippen LogP contribution in [0.15, 0.2) is 35.2 Å². The van der Waals surface area contributed by atoms with Crippen molar-refractivity contribution in [2.45, 2.75) is 51.0 Å². The zero-order valence-electron chi connectivity index (χ0n) is 17.9. The summed E-state index contributed by atoms with van der Waals surface area (Å²) in [6.07, 6.45) is 2.41.